The second kappa shape index (κ2) is 8.22. The Bertz CT molecular complexity index is 896. The van der Waals surface area contributed by atoms with E-state index in [9.17, 15) is 22.8 Å². The number of fused-ring (bicyclic) bond motifs is 1. The summed E-state index contributed by atoms with van der Waals surface area (Å²) in [4.78, 5) is 33.3. The van der Waals surface area contributed by atoms with Crippen LogP contribution in [0.3, 0.4) is 0 Å². The van der Waals surface area contributed by atoms with E-state index in [4.69, 9.17) is 0 Å². The van der Waals surface area contributed by atoms with Gasteiger partial charge in [-0.15, -0.1) is 0 Å². The number of aryl methyl sites for hydroxylation is 1. The minimum absolute atomic E-state index is 0.0947. The number of rotatable bonds is 2. The molecule has 2 aliphatic rings. The third-order valence-corrected chi connectivity index (χ3v) is 4.92. The van der Waals surface area contributed by atoms with Crippen LogP contribution >= 0.6 is 0 Å². The molecule has 156 valence electrons. The van der Waals surface area contributed by atoms with Gasteiger partial charge in [0.1, 0.15) is 11.6 Å². The van der Waals surface area contributed by atoms with Crippen LogP contribution in [-0.4, -0.2) is 44.3 Å². The van der Waals surface area contributed by atoms with Crippen LogP contribution in [-0.2, 0) is 28.9 Å². The van der Waals surface area contributed by atoms with Gasteiger partial charge in [-0.3, -0.25) is 14.5 Å². The van der Waals surface area contributed by atoms with Crippen molar-refractivity contribution in [3.8, 4) is 0 Å². The summed E-state index contributed by atoms with van der Waals surface area (Å²) >= 11 is 0. The van der Waals surface area contributed by atoms with Gasteiger partial charge in [0.25, 0.3) is 0 Å². The van der Waals surface area contributed by atoms with Crippen molar-refractivity contribution in [3.05, 3.63) is 41.6 Å². The molecule has 29 heavy (non-hydrogen) atoms. The SMILES string of the molecule is Cc1cc(C(F)(F)F)cc(N2C(=O)CCC2C)n1.O=CN1CCn2ccnc2C1. The third kappa shape index (κ3) is 4.75. The molecule has 0 aliphatic carbocycles. The molecule has 2 aliphatic heterocycles. The number of halogens is 3. The first-order valence-corrected chi connectivity index (χ1v) is 9.26. The average Bonchev–Trinajstić information content (AvgIpc) is 3.26. The lowest BCUT2D eigenvalue weighted by Crippen LogP contribution is -2.32. The molecule has 7 nitrogen and oxygen atoms in total. The fourth-order valence-electron chi connectivity index (χ4n) is 3.40. The first-order valence-electron chi connectivity index (χ1n) is 9.26. The van der Waals surface area contributed by atoms with Crippen molar-refractivity contribution in [1.29, 1.82) is 0 Å². The van der Waals surface area contributed by atoms with Crippen LogP contribution in [0.4, 0.5) is 19.0 Å². The lowest BCUT2D eigenvalue weighted by molar-refractivity contribution is -0.137. The molecule has 1 fully saturated rings. The summed E-state index contributed by atoms with van der Waals surface area (Å²) in [5, 5.41) is 0. The van der Waals surface area contributed by atoms with E-state index in [0.29, 0.717) is 19.4 Å². The Balaban J connectivity index is 0.000000186. The van der Waals surface area contributed by atoms with Crippen molar-refractivity contribution < 1.29 is 22.8 Å². The summed E-state index contributed by atoms with van der Waals surface area (Å²) in [6.07, 6.45) is 1.17. The van der Waals surface area contributed by atoms with Crippen molar-refractivity contribution in [1.82, 2.24) is 19.4 Å². The largest absolute Gasteiger partial charge is 0.416 e. The van der Waals surface area contributed by atoms with E-state index in [0.717, 1.165) is 37.5 Å². The van der Waals surface area contributed by atoms with Gasteiger partial charge in [-0.1, -0.05) is 0 Å². The normalized spacial score (nSPS) is 18.9. The fourth-order valence-corrected chi connectivity index (χ4v) is 3.40. The summed E-state index contributed by atoms with van der Waals surface area (Å²) in [6, 6.07) is 1.81. The van der Waals surface area contributed by atoms with E-state index in [-0.39, 0.29) is 23.5 Å². The molecule has 0 radical (unpaired) electrons. The summed E-state index contributed by atoms with van der Waals surface area (Å²) in [7, 11) is 0. The molecule has 2 amide bonds. The van der Waals surface area contributed by atoms with E-state index in [2.05, 4.69) is 14.5 Å². The van der Waals surface area contributed by atoms with Crippen LogP contribution in [0.5, 0.6) is 0 Å². The minimum atomic E-state index is -4.42. The van der Waals surface area contributed by atoms with Gasteiger partial charge < -0.3 is 9.47 Å². The second-order valence-electron chi connectivity index (χ2n) is 7.12. The predicted octanol–water partition coefficient (Wildman–Crippen LogP) is 2.78. The molecule has 1 saturated heterocycles. The zero-order chi connectivity index (χ0) is 21.2. The van der Waals surface area contributed by atoms with E-state index >= 15 is 0 Å². The number of hydrogen-bond donors (Lipinski definition) is 0. The Labute approximate surface area is 166 Å². The standard InChI is InChI=1S/C12H13F3N2O.C7H9N3O/c1-7-5-9(12(13,14)15)6-10(16-7)17-8(2)3-4-11(17)18;11-6-9-3-4-10-2-1-8-7(10)5-9/h5-6,8H,3-4H2,1-2H3;1-2,6H,3-5H2. The number of anilines is 1. The molecule has 1 atom stereocenters. The van der Waals surface area contributed by atoms with Gasteiger partial charge in [0, 0.05) is 43.6 Å². The molecular weight excluding hydrogens is 387 g/mol. The highest BCUT2D eigenvalue weighted by Gasteiger charge is 2.35. The maximum Gasteiger partial charge on any atom is 0.416 e. The monoisotopic (exact) mass is 409 g/mol. The molecular formula is C19H22F3N5O2. The van der Waals surface area contributed by atoms with Crippen LogP contribution in [0, 0.1) is 6.92 Å². The first kappa shape index (κ1) is 20.8. The van der Waals surface area contributed by atoms with Gasteiger partial charge in [-0.05, 0) is 32.4 Å². The number of amides is 2. The average molecular weight is 409 g/mol. The van der Waals surface area contributed by atoms with Crippen molar-refractivity contribution in [2.45, 2.75) is 52.0 Å². The van der Waals surface area contributed by atoms with Gasteiger partial charge in [-0.25, -0.2) is 9.97 Å². The highest BCUT2D eigenvalue weighted by Crippen LogP contribution is 2.33. The van der Waals surface area contributed by atoms with Crippen LogP contribution in [0.1, 0.15) is 36.8 Å². The molecule has 1 unspecified atom stereocenters. The van der Waals surface area contributed by atoms with Crippen molar-refractivity contribution in [3.63, 3.8) is 0 Å². The maximum absolute atomic E-state index is 12.7. The molecule has 0 spiro atoms. The third-order valence-electron chi connectivity index (χ3n) is 4.92. The smallest absolute Gasteiger partial charge is 0.336 e. The fraction of sp³-hybridized carbons (Fsp3) is 0.474. The van der Waals surface area contributed by atoms with Crippen LogP contribution in [0.25, 0.3) is 0 Å². The molecule has 4 heterocycles. The lowest BCUT2D eigenvalue weighted by atomic mass is 10.2. The Hall–Kier alpha value is -2.91. The van der Waals surface area contributed by atoms with Gasteiger partial charge in [0.2, 0.25) is 12.3 Å². The lowest BCUT2D eigenvalue weighted by Gasteiger charge is -2.23. The molecule has 0 saturated carbocycles. The highest BCUT2D eigenvalue weighted by atomic mass is 19.4. The van der Waals surface area contributed by atoms with E-state index < -0.39 is 11.7 Å². The quantitative estimate of drug-likeness (QED) is 0.716. The van der Waals surface area contributed by atoms with Gasteiger partial charge >= 0.3 is 6.18 Å². The summed E-state index contributed by atoms with van der Waals surface area (Å²) in [5.41, 5.74) is -0.511. The molecule has 2 aromatic heterocycles. The number of alkyl halides is 3. The zero-order valence-corrected chi connectivity index (χ0v) is 16.2. The number of hydrogen-bond acceptors (Lipinski definition) is 4. The van der Waals surface area contributed by atoms with Gasteiger partial charge in [0.05, 0.1) is 12.1 Å². The molecule has 10 heteroatoms. The Morgan fingerprint density at radius 2 is 2.00 bits per heavy atom. The molecule has 0 aromatic carbocycles. The second-order valence-corrected chi connectivity index (χ2v) is 7.12. The highest BCUT2D eigenvalue weighted by molar-refractivity contribution is 5.95. The van der Waals surface area contributed by atoms with Crippen LogP contribution < -0.4 is 4.90 Å². The topological polar surface area (TPSA) is 71.3 Å². The Morgan fingerprint density at radius 1 is 1.24 bits per heavy atom. The zero-order valence-electron chi connectivity index (χ0n) is 16.2. The first-order chi connectivity index (χ1) is 13.7. The minimum Gasteiger partial charge on any atom is -0.336 e. The number of imidazole rings is 1. The molecule has 0 N–H and O–H groups in total. The van der Waals surface area contributed by atoms with Crippen LogP contribution in [0.2, 0.25) is 0 Å². The number of aromatic nitrogens is 3. The van der Waals surface area contributed by atoms with Gasteiger partial charge in [0.15, 0.2) is 0 Å². The summed E-state index contributed by atoms with van der Waals surface area (Å²) < 4.78 is 40.2. The number of nitrogens with zero attached hydrogens (tertiary/aromatic N) is 5. The Morgan fingerprint density at radius 3 is 2.62 bits per heavy atom. The number of pyridine rings is 1. The van der Waals surface area contributed by atoms with Crippen molar-refractivity contribution >= 4 is 18.1 Å². The predicted molar refractivity (Wildman–Crippen MR) is 98.9 cm³/mol. The Kier molecular flexibility index (Phi) is 5.90. The molecule has 2 aromatic rings. The number of carbonyl (C=O) groups is 2. The summed E-state index contributed by atoms with van der Waals surface area (Å²) in [5.74, 6) is 0.898. The van der Waals surface area contributed by atoms with Crippen molar-refractivity contribution in [2.75, 3.05) is 11.4 Å². The van der Waals surface area contributed by atoms with E-state index in [1.807, 2.05) is 13.1 Å². The van der Waals surface area contributed by atoms with Crippen molar-refractivity contribution in [2.24, 2.45) is 0 Å². The summed E-state index contributed by atoms with van der Waals surface area (Å²) in [6.45, 7) is 5.61. The maximum atomic E-state index is 12.7. The molecule has 4 rings (SSSR count). The van der Waals surface area contributed by atoms with Crippen LogP contribution in [0.15, 0.2) is 24.5 Å². The van der Waals surface area contributed by atoms with E-state index in [1.165, 1.54) is 11.8 Å². The number of carbonyl (C=O) groups excluding carboxylic acids is 2. The van der Waals surface area contributed by atoms with Gasteiger partial charge in [-0.2, -0.15) is 13.2 Å². The van der Waals surface area contributed by atoms with E-state index in [1.54, 1.807) is 11.1 Å². The molecule has 0 bridgehead atoms.